The maximum absolute atomic E-state index is 12.1. The molecule has 1 atom stereocenters. The molecular weight excluding hydrogens is 271 g/mol. The standard InChI is InChI=1S/C13H19ClN2O.ClH/c1-9(8-15)16-12(17)13(2,3)10-4-6-11(14)7-5-10;/h4-7,9H,8,15H2,1-3H3,(H,16,17);1H/t9-;/m0./s1. The number of amides is 1. The van der Waals surface area contributed by atoms with Crippen LogP contribution in [-0.4, -0.2) is 18.5 Å². The van der Waals surface area contributed by atoms with E-state index in [4.69, 9.17) is 17.3 Å². The van der Waals surface area contributed by atoms with Crippen LogP contribution in [0.2, 0.25) is 5.02 Å². The normalized spacial score (nSPS) is 12.5. The van der Waals surface area contributed by atoms with E-state index in [1.165, 1.54) is 0 Å². The van der Waals surface area contributed by atoms with Gasteiger partial charge in [0.05, 0.1) is 5.41 Å². The third-order valence-electron chi connectivity index (χ3n) is 2.86. The quantitative estimate of drug-likeness (QED) is 0.895. The Labute approximate surface area is 119 Å². The third kappa shape index (κ3) is 4.16. The van der Waals surface area contributed by atoms with Gasteiger partial charge in [-0.15, -0.1) is 12.4 Å². The summed E-state index contributed by atoms with van der Waals surface area (Å²) in [4.78, 5) is 12.1. The first-order valence-corrected chi connectivity index (χ1v) is 6.02. The molecule has 1 rings (SSSR count). The molecule has 102 valence electrons. The SMILES string of the molecule is C[C@@H](CN)NC(=O)C(C)(C)c1ccc(Cl)cc1.Cl. The lowest BCUT2D eigenvalue weighted by Gasteiger charge is -2.26. The number of hydrogen-bond donors (Lipinski definition) is 2. The average molecular weight is 291 g/mol. The fraction of sp³-hybridized carbons (Fsp3) is 0.462. The Morgan fingerprint density at radius 3 is 2.33 bits per heavy atom. The minimum atomic E-state index is -0.589. The van der Waals surface area contributed by atoms with Gasteiger partial charge in [-0.1, -0.05) is 23.7 Å². The maximum atomic E-state index is 12.1. The lowest BCUT2D eigenvalue weighted by molar-refractivity contribution is -0.126. The minimum absolute atomic E-state index is 0. The predicted molar refractivity (Wildman–Crippen MR) is 78.4 cm³/mol. The summed E-state index contributed by atoms with van der Waals surface area (Å²) in [5.74, 6) is -0.0298. The molecule has 0 unspecified atom stereocenters. The van der Waals surface area contributed by atoms with Gasteiger partial charge in [0, 0.05) is 17.6 Å². The van der Waals surface area contributed by atoms with Crippen molar-refractivity contribution in [2.75, 3.05) is 6.54 Å². The highest BCUT2D eigenvalue weighted by Gasteiger charge is 2.30. The summed E-state index contributed by atoms with van der Waals surface area (Å²) in [7, 11) is 0. The lowest BCUT2D eigenvalue weighted by atomic mass is 9.83. The van der Waals surface area contributed by atoms with E-state index in [1.807, 2.05) is 32.9 Å². The highest BCUT2D eigenvalue weighted by atomic mass is 35.5. The molecule has 0 radical (unpaired) electrons. The second kappa shape index (κ2) is 6.98. The first-order chi connectivity index (χ1) is 7.87. The van der Waals surface area contributed by atoms with Crippen LogP contribution in [0.25, 0.3) is 0 Å². The van der Waals surface area contributed by atoms with Crippen LogP contribution in [0.15, 0.2) is 24.3 Å². The van der Waals surface area contributed by atoms with Gasteiger partial charge >= 0.3 is 0 Å². The molecule has 1 amide bonds. The van der Waals surface area contributed by atoms with Crippen LogP contribution >= 0.6 is 24.0 Å². The largest absolute Gasteiger partial charge is 0.352 e. The van der Waals surface area contributed by atoms with Gasteiger partial charge in [-0.2, -0.15) is 0 Å². The molecule has 0 saturated carbocycles. The molecule has 3 N–H and O–H groups in total. The van der Waals surface area contributed by atoms with Crippen molar-refractivity contribution in [2.45, 2.75) is 32.2 Å². The van der Waals surface area contributed by atoms with Crippen molar-refractivity contribution in [1.82, 2.24) is 5.32 Å². The Balaban J connectivity index is 0.00000289. The van der Waals surface area contributed by atoms with Gasteiger partial charge in [-0.3, -0.25) is 4.79 Å². The molecular formula is C13H20Cl2N2O. The molecule has 3 nitrogen and oxygen atoms in total. The summed E-state index contributed by atoms with van der Waals surface area (Å²) >= 11 is 5.83. The van der Waals surface area contributed by atoms with E-state index >= 15 is 0 Å². The summed E-state index contributed by atoms with van der Waals surface area (Å²) in [5, 5.41) is 3.55. The fourth-order valence-corrected chi connectivity index (χ4v) is 1.59. The molecule has 1 aromatic carbocycles. The van der Waals surface area contributed by atoms with E-state index in [0.29, 0.717) is 11.6 Å². The number of benzene rings is 1. The van der Waals surface area contributed by atoms with E-state index in [-0.39, 0.29) is 24.4 Å². The molecule has 0 aromatic heterocycles. The number of nitrogens with one attached hydrogen (secondary N) is 1. The van der Waals surface area contributed by atoms with Gasteiger partial charge in [0.1, 0.15) is 0 Å². The Morgan fingerprint density at radius 1 is 1.39 bits per heavy atom. The van der Waals surface area contributed by atoms with E-state index < -0.39 is 5.41 Å². The van der Waals surface area contributed by atoms with Crippen molar-refractivity contribution in [1.29, 1.82) is 0 Å². The molecule has 0 aliphatic carbocycles. The summed E-state index contributed by atoms with van der Waals surface area (Å²) < 4.78 is 0. The first-order valence-electron chi connectivity index (χ1n) is 5.65. The van der Waals surface area contributed by atoms with Gasteiger partial charge in [0.2, 0.25) is 5.91 Å². The topological polar surface area (TPSA) is 55.1 Å². The molecule has 0 fully saturated rings. The summed E-state index contributed by atoms with van der Waals surface area (Å²) in [5.41, 5.74) is 5.83. The lowest BCUT2D eigenvalue weighted by Crippen LogP contribution is -2.46. The summed E-state index contributed by atoms with van der Waals surface area (Å²) in [6.07, 6.45) is 0. The Kier molecular flexibility index (Phi) is 6.68. The highest BCUT2D eigenvalue weighted by molar-refractivity contribution is 6.30. The van der Waals surface area contributed by atoms with E-state index in [2.05, 4.69) is 5.32 Å². The molecule has 0 aliphatic heterocycles. The molecule has 1 aromatic rings. The second-order valence-corrected chi connectivity index (χ2v) is 5.18. The van der Waals surface area contributed by atoms with Crippen LogP contribution in [0.5, 0.6) is 0 Å². The summed E-state index contributed by atoms with van der Waals surface area (Å²) in [6, 6.07) is 7.30. The molecule has 0 spiro atoms. The van der Waals surface area contributed by atoms with Crippen LogP contribution < -0.4 is 11.1 Å². The van der Waals surface area contributed by atoms with Crippen LogP contribution in [0, 0.1) is 0 Å². The minimum Gasteiger partial charge on any atom is -0.352 e. The molecule has 5 heteroatoms. The van der Waals surface area contributed by atoms with Gasteiger partial charge in [0.15, 0.2) is 0 Å². The van der Waals surface area contributed by atoms with Crippen molar-refractivity contribution in [3.63, 3.8) is 0 Å². The number of nitrogens with two attached hydrogens (primary N) is 1. The number of rotatable bonds is 4. The first kappa shape index (κ1) is 17.2. The number of carbonyl (C=O) groups excluding carboxylic acids is 1. The van der Waals surface area contributed by atoms with Crippen LogP contribution in [0.1, 0.15) is 26.3 Å². The zero-order valence-electron chi connectivity index (χ0n) is 10.9. The predicted octanol–water partition coefficient (Wildman–Crippen LogP) is 2.50. The van der Waals surface area contributed by atoms with Crippen LogP contribution in [-0.2, 0) is 10.2 Å². The smallest absolute Gasteiger partial charge is 0.230 e. The molecule has 0 heterocycles. The summed E-state index contributed by atoms with van der Waals surface area (Å²) in [6.45, 7) is 6.09. The van der Waals surface area contributed by atoms with Crippen molar-refractivity contribution in [2.24, 2.45) is 5.73 Å². The molecule has 0 bridgehead atoms. The van der Waals surface area contributed by atoms with E-state index in [1.54, 1.807) is 12.1 Å². The average Bonchev–Trinajstić information content (AvgIpc) is 2.29. The van der Waals surface area contributed by atoms with Crippen molar-refractivity contribution < 1.29 is 4.79 Å². The van der Waals surface area contributed by atoms with Crippen molar-refractivity contribution in [3.05, 3.63) is 34.9 Å². The van der Waals surface area contributed by atoms with Gasteiger partial charge in [-0.05, 0) is 38.5 Å². The van der Waals surface area contributed by atoms with Crippen LogP contribution in [0.4, 0.5) is 0 Å². The van der Waals surface area contributed by atoms with E-state index in [9.17, 15) is 4.79 Å². The number of halogens is 2. The van der Waals surface area contributed by atoms with Gasteiger partial charge in [0.25, 0.3) is 0 Å². The maximum Gasteiger partial charge on any atom is 0.230 e. The monoisotopic (exact) mass is 290 g/mol. The van der Waals surface area contributed by atoms with Crippen molar-refractivity contribution in [3.8, 4) is 0 Å². The van der Waals surface area contributed by atoms with Gasteiger partial charge in [-0.25, -0.2) is 0 Å². The number of carbonyl (C=O) groups is 1. The molecule has 0 saturated heterocycles. The Morgan fingerprint density at radius 2 is 1.89 bits per heavy atom. The Bertz CT molecular complexity index is 390. The van der Waals surface area contributed by atoms with Crippen molar-refractivity contribution >= 4 is 29.9 Å². The second-order valence-electron chi connectivity index (χ2n) is 4.74. The highest BCUT2D eigenvalue weighted by Crippen LogP contribution is 2.24. The molecule has 18 heavy (non-hydrogen) atoms. The zero-order chi connectivity index (χ0) is 13.1. The molecule has 0 aliphatic rings. The number of hydrogen-bond acceptors (Lipinski definition) is 2. The van der Waals surface area contributed by atoms with Gasteiger partial charge < -0.3 is 11.1 Å². The fourth-order valence-electron chi connectivity index (χ4n) is 1.46. The Hall–Kier alpha value is -0.770. The zero-order valence-corrected chi connectivity index (χ0v) is 12.4. The van der Waals surface area contributed by atoms with E-state index in [0.717, 1.165) is 5.56 Å². The third-order valence-corrected chi connectivity index (χ3v) is 3.12. The van der Waals surface area contributed by atoms with Crippen LogP contribution in [0.3, 0.4) is 0 Å².